The molecule has 4 rings (SSSR count). The number of halogens is 1. The molecule has 0 aliphatic rings. The maximum atomic E-state index is 13.1. The molecule has 0 aliphatic heterocycles. The number of benzene rings is 2. The number of aromatic nitrogens is 2. The molecule has 0 saturated heterocycles. The molecule has 4 aromatic rings. The number of hydrogen-bond donors (Lipinski definition) is 0. The van der Waals surface area contributed by atoms with Crippen molar-refractivity contribution in [3.63, 3.8) is 0 Å². The van der Waals surface area contributed by atoms with Crippen molar-refractivity contribution in [1.82, 2.24) is 14.0 Å². The number of carbonyl (C=O) groups is 1. The summed E-state index contributed by atoms with van der Waals surface area (Å²) in [5, 5.41) is 1.91. The third-order valence-electron chi connectivity index (χ3n) is 5.34. The van der Waals surface area contributed by atoms with Gasteiger partial charge in [0.2, 0.25) is 0 Å². The Morgan fingerprint density at radius 3 is 2.33 bits per heavy atom. The number of carbonyl (C=O) groups excluding carboxylic acids is 1. The topological polar surface area (TPSA) is 47.2 Å². The maximum Gasteiger partial charge on any atom is 0.251 e. The molecule has 2 aromatic heterocycles. The summed E-state index contributed by atoms with van der Waals surface area (Å²) < 4.78 is 4.63. The monoisotopic (exact) mass is 463 g/mol. The standard InChI is InChI=1S/C24H22BrN3O2/c1-26(2)14-13-20(29)17-9-11-19-23(22(17)15-5-7-16(25)8-6-15)18-10-12-21(30)28(4)24(18)27(19)3/h5-14H,1-4H3. The van der Waals surface area contributed by atoms with Crippen LogP contribution in [0.25, 0.3) is 33.1 Å². The van der Waals surface area contributed by atoms with Crippen LogP contribution < -0.4 is 5.56 Å². The van der Waals surface area contributed by atoms with Crippen LogP contribution in [0.15, 0.2) is 70.1 Å². The van der Waals surface area contributed by atoms with E-state index >= 15 is 0 Å². The largest absolute Gasteiger partial charge is 0.383 e. The minimum Gasteiger partial charge on any atom is -0.383 e. The Morgan fingerprint density at radius 1 is 0.967 bits per heavy atom. The molecule has 2 heterocycles. The zero-order chi connectivity index (χ0) is 21.6. The van der Waals surface area contributed by atoms with Gasteiger partial charge in [0.1, 0.15) is 5.65 Å². The van der Waals surface area contributed by atoms with E-state index in [1.54, 1.807) is 30.0 Å². The maximum absolute atomic E-state index is 13.1. The quantitative estimate of drug-likeness (QED) is 0.325. The van der Waals surface area contributed by atoms with Gasteiger partial charge in [-0.3, -0.25) is 14.2 Å². The fourth-order valence-electron chi connectivity index (χ4n) is 3.91. The average Bonchev–Trinajstić information content (AvgIpc) is 3.01. The normalized spacial score (nSPS) is 11.6. The van der Waals surface area contributed by atoms with Crippen molar-refractivity contribution in [2.24, 2.45) is 14.1 Å². The predicted octanol–water partition coefficient (Wildman–Crippen LogP) is 4.72. The molecule has 0 N–H and O–H groups in total. The molecule has 5 nitrogen and oxygen atoms in total. The van der Waals surface area contributed by atoms with Gasteiger partial charge in [-0.15, -0.1) is 0 Å². The van der Waals surface area contributed by atoms with Crippen LogP contribution in [-0.4, -0.2) is 33.9 Å². The van der Waals surface area contributed by atoms with Crippen LogP contribution in [0.2, 0.25) is 0 Å². The molecule has 30 heavy (non-hydrogen) atoms. The summed E-state index contributed by atoms with van der Waals surface area (Å²) in [6.45, 7) is 0. The van der Waals surface area contributed by atoms with E-state index in [0.717, 1.165) is 37.5 Å². The van der Waals surface area contributed by atoms with Crippen molar-refractivity contribution in [3.8, 4) is 11.1 Å². The van der Waals surface area contributed by atoms with Gasteiger partial charge in [0, 0.05) is 72.9 Å². The Hall–Kier alpha value is -3.12. The average molecular weight is 464 g/mol. The van der Waals surface area contributed by atoms with Crippen LogP contribution in [0.1, 0.15) is 10.4 Å². The van der Waals surface area contributed by atoms with Gasteiger partial charge >= 0.3 is 0 Å². The second-order valence-corrected chi connectivity index (χ2v) is 8.48. The van der Waals surface area contributed by atoms with Crippen molar-refractivity contribution < 1.29 is 4.79 Å². The van der Waals surface area contributed by atoms with Gasteiger partial charge in [-0.25, -0.2) is 0 Å². The van der Waals surface area contributed by atoms with E-state index in [2.05, 4.69) is 15.9 Å². The van der Waals surface area contributed by atoms with E-state index in [1.165, 1.54) is 0 Å². The number of hydrogen-bond acceptors (Lipinski definition) is 3. The number of ketones is 1. The number of aryl methyl sites for hydroxylation is 2. The number of nitrogens with zero attached hydrogens (tertiary/aromatic N) is 3. The van der Waals surface area contributed by atoms with Crippen LogP contribution in [0, 0.1) is 0 Å². The Kier molecular flexibility index (Phi) is 5.12. The Bertz CT molecular complexity index is 1380. The highest BCUT2D eigenvalue weighted by atomic mass is 79.9. The third kappa shape index (κ3) is 3.27. The summed E-state index contributed by atoms with van der Waals surface area (Å²) in [5.74, 6) is -0.0645. The summed E-state index contributed by atoms with van der Waals surface area (Å²) in [7, 11) is 7.49. The minimum absolute atomic E-state index is 0.0645. The molecule has 0 saturated carbocycles. The highest BCUT2D eigenvalue weighted by Crippen LogP contribution is 2.38. The second kappa shape index (κ2) is 7.61. The second-order valence-electron chi connectivity index (χ2n) is 7.56. The van der Waals surface area contributed by atoms with Crippen LogP contribution >= 0.6 is 15.9 Å². The van der Waals surface area contributed by atoms with Crippen molar-refractivity contribution in [2.75, 3.05) is 14.1 Å². The van der Waals surface area contributed by atoms with E-state index < -0.39 is 0 Å². The fourth-order valence-corrected chi connectivity index (χ4v) is 4.18. The molecule has 0 spiro atoms. The van der Waals surface area contributed by atoms with E-state index in [1.807, 2.05) is 73.1 Å². The van der Waals surface area contributed by atoms with E-state index in [9.17, 15) is 9.59 Å². The zero-order valence-electron chi connectivity index (χ0n) is 17.3. The highest BCUT2D eigenvalue weighted by molar-refractivity contribution is 9.10. The summed E-state index contributed by atoms with van der Waals surface area (Å²) in [5.41, 5.74) is 4.18. The Labute approximate surface area is 183 Å². The first-order chi connectivity index (χ1) is 14.3. The lowest BCUT2D eigenvalue weighted by Gasteiger charge is -2.11. The molecule has 0 amide bonds. The van der Waals surface area contributed by atoms with Crippen LogP contribution in [0.3, 0.4) is 0 Å². The van der Waals surface area contributed by atoms with Gasteiger partial charge in [-0.2, -0.15) is 0 Å². The van der Waals surface area contributed by atoms with Crippen LogP contribution in [-0.2, 0) is 14.1 Å². The van der Waals surface area contributed by atoms with Crippen molar-refractivity contribution in [1.29, 1.82) is 0 Å². The van der Waals surface area contributed by atoms with E-state index in [0.29, 0.717) is 5.56 Å². The predicted molar refractivity (Wildman–Crippen MR) is 126 cm³/mol. The first-order valence-electron chi connectivity index (χ1n) is 9.55. The van der Waals surface area contributed by atoms with Gasteiger partial charge in [-0.1, -0.05) is 28.1 Å². The van der Waals surface area contributed by atoms with Crippen molar-refractivity contribution in [3.05, 3.63) is 81.2 Å². The van der Waals surface area contributed by atoms with Gasteiger partial charge in [0.15, 0.2) is 5.78 Å². The lowest BCUT2D eigenvalue weighted by molar-refractivity contribution is 0.104. The summed E-state index contributed by atoms with van der Waals surface area (Å²) >= 11 is 3.49. The lowest BCUT2D eigenvalue weighted by Crippen LogP contribution is -2.16. The number of allylic oxidation sites excluding steroid dienone is 1. The SMILES string of the molecule is CN(C)C=CC(=O)c1ccc2c(c1-c1ccc(Br)cc1)c1ccc(=O)n(C)c1n2C. The Balaban J connectivity index is 2.15. The minimum atomic E-state index is -0.0659. The van der Waals surface area contributed by atoms with Crippen molar-refractivity contribution in [2.45, 2.75) is 0 Å². The third-order valence-corrected chi connectivity index (χ3v) is 5.86. The molecule has 2 aromatic carbocycles. The molecule has 0 bridgehead atoms. The van der Waals surface area contributed by atoms with E-state index in [-0.39, 0.29) is 11.3 Å². The summed E-state index contributed by atoms with van der Waals surface area (Å²) in [6, 6.07) is 15.2. The van der Waals surface area contributed by atoms with Gasteiger partial charge < -0.3 is 9.47 Å². The zero-order valence-corrected chi connectivity index (χ0v) is 18.9. The summed E-state index contributed by atoms with van der Waals surface area (Å²) in [6.07, 6.45) is 3.34. The highest BCUT2D eigenvalue weighted by Gasteiger charge is 2.20. The Morgan fingerprint density at radius 2 is 1.67 bits per heavy atom. The van der Waals surface area contributed by atoms with Crippen LogP contribution in [0.5, 0.6) is 0 Å². The molecule has 6 heteroatoms. The molecule has 0 unspecified atom stereocenters. The number of rotatable bonds is 4. The lowest BCUT2D eigenvalue weighted by atomic mass is 9.92. The fraction of sp³-hybridized carbons (Fsp3) is 0.167. The van der Waals surface area contributed by atoms with Crippen molar-refractivity contribution >= 4 is 43.6 Å². The molecule has 152 valence electrons. The first kappa shape index (κ1) is 20.2. The van der Waals surface area contributed by atoms with Gasteiger partial charge in [0.05, 0.1) is 5.52 Å². The number of fused-ring (bicyclic) bond motifs is 3. The molecule has 0 radical (unpaired) electrons. The van der Waals surface area contributed by atoms with Gasteiger partial charge in [-0.05, 0) is 35.9 Å². The number of pyridine rings is 1. The molecule has 0 fully saturated rings. The molecular weight excluding hydrogens is 442 g/mol. The molecular formula is C24H22BrN3O2. The van der Waals surface area contributed by atoms with Crippen LogP contribution in [0.4, 0.5) is 0 Å². The van der Waals surface area contributed by atoms with E-state index in [4.69, 9.17) is 0 Å². The van der Waals surface area contributed by atoms with Gasteiger partial charge in [0.25, 0.3) is 5.56 Å². The first-order valence-corrected chi connectivity index (χ1v) is 10.3. The molecule has 0 atom stereocenters. The smallest absolute Gasteiger partial charge is 0.251 e. The summed E-state index contributed by atoms with van der Waals surface area (Å²) in [4.78, 5) is 27.2. The molecule has 0 aliphatic carbocycles.